The summed E-state index contributed by atoms with van der Waals surface area (Å²) in [6.07, 6.45) is -13.0. The molecule has 0 radical (unpaired) electrons. The lowest BCUT2D eigenvalue weighted by Crippen LogP contribution is -2.51. The molecule has 2 aromatic carbocycles. The fourth-order valence-corrected chi connectivity index (χ4v) is 5.84. The van der Waals surface area contributed by atoms with Gasteiger partial charge in [-0.15, -0.1) is 0 Å². The quantitative estimate of drug-likeness (QED) is 0.263. The van der Waals surface area contributed by atoms with E-state index in [1.165, 1.54) is 32.2 Å². The van der Waals surface area contributed by atoms with E-state index in [9.17, 15) is 52.8 Å². The number of benzene rings is 2. The summed E-state index contributed by atoms with van der Waals surface area (Å²) in [6, 6.07) is 2.59. The SMILES string of the molecule is COc1cccc2c1C(=O)c1c(O)c3c(c(O)c1C2=O)C[C@@](O)(C(C)=O)C[C@@H]3O[C@@H]1O[C@H](C)[C@@H](NC(=O)C(F)(F)F)[C@H]1O. The van der Waals surface area contributed by atoms with E-state index in [1.54, 1.807) is 5.32 Å². The first-order valence-corrected chi connectivity index (χ1v) is 13.0. The predicted octanol–water partition coefficient (Wildman–Crippen LogP) is 1.36. The highest BCUT2D eigenvalue weighted by Crippen LogP contribution is 2.52. The molecular weight excluding hydrogens is 583 g/mol. The number of hydrogen-bond acceptors (Lipinski definition) is 11. The second-order valence-electron chi connectivity index (χ2n) is 10.7. The third-order valence-corrected chi connectivity index (χ3v) is 8.09. The Morgan fingerprint density at radius 3 is 2.35 bits per heavy atom. The van der Waals surface area contributed by atoms with Crippen LogP contribution in [0.2, 0.25) is 0 Å². The number of ether oxygens (including phenoxy) is 3. The van der Waals surface area contributed by atoms with Gasteiger partial charge in [-0.05, 0) is 19.9 Å². The molecule has 1 fully saturated rings. The number of halogens is 3. The number of carbonyl (C=O) groups excluding carboxylic acids is 4. The molecule has 43 heavy (non-hydrogen) atoms. The lowest BCUT2D eigenvalue weighted by Gasteiger charge is -2.39. The fourth-order valence-electron chi connectivity index (χ4n) is 5.84. The highest BCUT2D eigenvalue weighted by atomic mass is 19.4. The van der Waals surface area contributed by atoms with Crippen LogP contribution in [0.3, 0.4) is 0 Å². The largest absolute Gasteiger partial charge is 0.507 e. The van der Waals surface area contributed by atoms with Crippen LogP contribution >= 0.6 is 0 Å². The highest BCUT2D eigenvalue weighted by Gasteiger charge is 2.52. The van der Waals surface area contributed by atoms with Crippen LogP contribution in [0.15, 0.2) is 18.2 Å². The number of alkyl halides is 3. The average Bonchev–Trinajstić information content (AvgIpc) is 3.19. The Kier molecular flexibility index (Phi) is 7.28. The third-order valence-electron chi connectivity index (χ3n) is 8.09. The van der Waals surface area contributed by atoms with Gasteiger partial charge in [0.25, 0.3) is 0 Å². The molecule has 5 rings (SSSR count). The first-order chi connectivity index (χ1) is 20.0. The summed E-state index contributed by atoms with van der Waals surface area (Å²) in [6.45, 7) is 2.30. The lowest BCUT2D eigenvalue weighted by atomic mass is 9.72. The number of aromatic hydroxyl groups is 2. The molecule has 5 N–H and O–H groups in total. The smallest absolute Gasteiger partial charge is 0.471 e. The van der Waals surface area contributed by atoms with Gasteiger partial charge in [0, 0.05) is 29.5 Å². The Bertz CT molecular complexity index is 1570. The van der Waals surface area contributed by atoms with Gasteiger partial charge in [0.1, 0.15) is 29.0 Å². The molecule has 0 spiro atoms. The zero-order valence-electron chi connectivity index (χ0n) is 22.8. The Balaban J connectivity index is 1.61. The molecule has 1 heterocycles. The minimum Gasteiger partial charge on any atom is -0.507 e. The normalized spacial score (nSPS) is 28.1. The van der Waals surface area contributed by atoms with Crippen molar-refractivity contribution in [3.8, 4) is 17.2 Å². The molecule has 12 nitrogen and oxygen atoms in total. The fraction of sp³-hybridized carbons (Fsp3) is 0.429. The first-order valence-electron chi connectivity index (χ1n) is 13.0. The van der Waals surface area contributed by atoms with Crippen LogP contribution in [0.5, 0.6) is 17.2 Å². The van der Waals surface area contributed by atoms with E-state index in [0.717, 1.165) is 6.92 Å². The molecule has 0 saturated carbocycles. The summed E-state index contributed by atoms with van der Waals surface area (Å²) < 4.78 is 55.0. The number of methoxy groups -OCH3 is 1. The predicted molar refractivity (Wildman–Crippen MR) is 136 cm³/mol. The van der Waals surface area contributed by atoms with E-state index in [1.807, 2.05) is 0 Å². The van der Waals surface area contributed by atoms with Crippen molar-refractivity contribution in [1.29, 1.82) is 0 Å². The Morgan fingerprint density at radius 2 is 1.74 bits per heavy atom. The number of ketones is 3. The van der Waals surface area contributed by atoms with E-state index >= 15 is 0 Å². The minimum atomic E-state index is -5.26. The molecule has 2 aliphatic carbocycles. The van der Waals surface area contributed by atoms with Crippen molar-refractivity contribution < 1.29 is 67.0 Å². The molecule has 2 aromatic rings. The van der Waals surface area contributed by atoms with Crippen LogP contribution in [-0.4, -0.2) is 87.1 Å². The molecule has 1 saturated heterocycles. The summed E-state index contributed by atoms with van der Waals surface area (Å²) in [5.74, 6) is -6.48. The first kappa shape index (κ1) is 30.4. The van der Waals surface area contributed by atoms with Gasteiger partial charge in [-0.1, -0.05) is 12.1 Å². The summed E-state index contributed by atoms with van der Waals surface area (Å²) in [5.41, 5.74) is -4.34. The number of amides is 1. The number of fused-ring (bicyclic) bond motifs is 3. The van der Waals surface area contributed by atoms with Crippen molar-refractivity contribution in [1.82, 2.24) is 5.32 Å². The number of aliphatic hydroxyl groups is 2. The van der Waals surface area contributed by atoms with E-state index in [4.69, 9.17) is 14.2 Å². The van der Waals surface area contributed by atoms with Gasteiger partial charge in [0.2, 0.25) is 5.78 Å². The topological polar surface area (TPSA) is 189 Å². The third kappa shape index (κ3) is 4.72. The second-order valence-corrected chi connectivity index (χ2v) is 10.7. The molecule has 230 valence electrons. The molecule has 15 heteroatoms. The molecule has 1 amide bonds. The monoisotopic (exact) mass is 609 g/mol. The number of nitrogens with one attached hydrogen (secondary N) is 1. The lowest BCUT2D eigenvalue weighted by molar-refractivity contribution is -0.204. The zero-order valence-corrected chi connectivity index (χ0v) is 22.8. The van der Waals surface area contributed by atoms with Gasteiger partial charge in [-0.2, -0.15) is 13.2 Å². The maximum absolute atomic E-state index is 13.7. The van der Waals surface area contributed by atoms with Gasteiger partial charge in [-0.25, -0.2) is 0 Å². The van der Waals surface area contributed by atoms with Gasteiger partial charge in [-0.3, -0.25) is 19.2 Å². The van der Waals surface area contributed by atoms with Crippen molar-refractivity contribution in [3.05, 3.63) is 51.6 Å². The molecule has 0 unspecified atom stereocenters. The van der Waals surface area contributed by atoms with Crippen molar-refractivity contribution in [2.45, 2.75) is 69.1 Å². The number of Topliss-reactive ketones (excluding diaryl/α,β-unsaturated/α-hetero) is 1. The number of carbonyl (C=O) groups is 4. The van der Waals surface area contributed by atoms with Crippen molar-refractivity contribution in [2.75, 3.05) is 7.11 Å². The van der Waals surface area contributed by atoms with Crippen LogP contribution in [0.25, 0.3) is 0 Å². The maximum Gasteiger partial charge on any atom is 0.471 e. The number of phenols is 2. The summed E-state index contributed by atoms with van der Waals surface area (Å²) >= 11 is 0. The molecule has 0 bridgehead atoms. The Morgan fingerprint density at radius 1 is 1.09 bits per heavy atom. The molecule has 1 aliphatic heterocycles. The van der Waals surface area contributed by atoms with Gasteiger partial charge >= 0.3 is 12.1 Å². The minimum absolute atomic E-state index is 0.0141. The molecule has 3 aliphatic rings. The molecule has 6 atom stereocenters. The number of phenolic OH excluding ortho intramolecular Hbond substituents is 2. The number of aliphatic hydroxyl groups excluding tert-OH is 1. The van der Waals surface area contributed by atoms with Gasteiger partial charge < -0.3 is 40.0 Å². The van der Waals surface area contributed by atoms with E-state index in [-0.39, 0.29) is 28.0 Å². The second kappa shape index (κ2) is 10.3. The number of hydrogen-bond donors (Lipinski definition) is 5. The van der Waals surface area contributed by atoms with Crippen molar-refractivity contribution in [3.63, 3.8) is 0 Å². The van der Waals surface area contributed by atoms with Gasteiger partial charge in [0.05, 0.1) is 42.0 Å². The van der Waals surface area contributed by atoms with Crippen molar-refractivity contribution in [2.24, 2.45) is 0 Å². The highest BCUT2D eigenvalue weighted by molar-refractivity contribution is 6.31. The van der Waals surface area contributed by atoms with E-state index in [0.29, 0.717) is 0 Å². The van der Waals surface area contributed by atoms with Crippen LogP contribution in [0.4, 0.5) is 13.2 Å². The summed E-state index contributed by atoms with van der Waals surface area (Å²) in [4.78, 5) is 51.2. The Labute approximate surface area is 241 Å². The van der Waals surface area contributed by atoms with Crippen LogP contribution < -0.4 is 10.1 Å². The van der Waals surface area contributed by atoms with Crippen LogP contribution in [0.1, 0.15) is 69.3 Å². The maximum atomic E-state index is 13.7. The van der Waals surface area contributed by atoms with Crippen LogP contribution in [-0.2, 0) is 25.5 Å². The van der Waals surface area contributed by atoms with E-state index < -0.39 is 101 Å². The molecule has 0 aromatic heterocycles. The summed E-state index contributed by atoms with van der Waals surface area (Å²) in [5, 5.41) is 46.3. The zero-order chi connectivity index (χ0) is 31.8. The summed E-state index contributed by atoms with van der Waals surface area (Å²) in [7, 11) is 1.26. The Hall–Kier alpha value is -4.05. The van der Waals surface area contributed by atoms with Gasteiger partial charge in [0.15, 0.2) is 17.9 Å². The van der Waals surface area contributed by atoms with E-state index in [2.05, 4.69) is 0 Å². The standard InChI is InChI=1S/C28H26F3NO11/c1-9-19(32-26(39)28(29,30)31)24(38)25(42-9)43-14-8-27(40,10(2)33)7-12-16(14)23(37)18-17(21(12)35)20(34)11-5-4-6-13(41-3)15(11)22(18)36/h4-6,9,14,19,24-25,35,37-38,40H,7-8H2,1-3H3,(H,32,39)/t9-,14+,19-,24-,25+,27+/m1/s1. The van der Waals surface area contributed by atoms with Crippen LogP contribution in [0, 0.1) is 0 Å². The molecular formula is C28H26F3NO11. The van der Waals surface area contributed by atoms with Crippen molar-refractivity contribution >= 4 is 23.3 Å². The number of rotatable bonds is 5. The average molecular weight is 610 g/mol.